The molecule has 8 nitrogen and oxygen atoms in total. The number of imidazole rings is 1. The lowest BCUT2D eigenvalue weighted by Gasteiger charge is -2.05. The Hall–Kier alpha value is -2.26. The second-order valence-corrected chi connectivity index (χ2v) is 5.71. The van der Waals surface area contributed by atoms with Crippen LogP contribution in [0.4, 0.5) is 5.69 Å². The van der Waals surface area contributed by atoms with E-state index < -0.39 is 14.9 Å². The average Bonchev–Trinajstić information content (AvgIpc) is 2.92. The van der Waals surface area contributed by atoms with E-state index in [2.05, 4.69) is 14.7 Å². The number of nitrogens with zero attached hydrogens (tertiary/aromatic N) is 2. The molecular formula is C11H12N4O4S. The highest BCUT2D eigenvalue weighted by Gasteiger charge is 2.17. The van der Waals surface area contributed by atoms with Crippen molar-refractivity contribution in [3.63, 3.8) is 0 Å². The summed E-state index contributed by atoms with van der Waals surface area (Å²) in [4.78, 5) is 16.7. The van der Waals surface area contributed by atoms with Gasteiger partial charge in [-0.05, 0) is 6.07 Å². The third-order valence-electron chi connectivity index (χ3n) is 2.55. The smallest absolute Gasteiger partial charge is 0.270 e. The molecule has 2 N–H and O–H groups in total. The number of H-pyrrole nitrogens is 1. The predicted octanol–water partition coefficient (Wildman–Crippen LogP) is 0.839. The number of non-ortho nitro benzene ring substituents is 1. The minimum Gasteiger partial charge on any atom is -0.349 e. The fourth-order valence-corrected chi connectivity index (χ4v) is 2.66. The summed E-state index contributed by atoms with van der Waals surface area (Å²) in [5, 5.41) is 10.6. The molecule has 106 valence electrons. The molecule has 0 unspecified atom stereocenters. The van der Waals surface area contributed by atoms with E-state index >= 15 is 0 Å². The first-order chi connectivity index (χ1) is 9.49. The van der Waals surface area contributed by atoms with E-state index in [0.717, 1.165) is 6.07 Å². The number of hydrogen-bond acceptors (Lipinski definition) is 5. The maximum Gasteiger partial charge on any atom is 0.270 e. The van der Waals surface area contributed by atoms with Gasteiger partial charge in [0, 0.05) is 37.5 Å². The molecule has 0 aliphatic heterocycles. The summed E-state index contributed by atoms with van der Waals surface area (Å²) in [6, 6.07) is 4.90. The van der Waals surface area contributed by atoms with Crippen LogP contribution < -0.4 is 4.72 Å². The molecule has 0 spiro atoms. The van der Waals surface area contributed by atoms with Crippen LogP contribution in [0.2, 0.25) is 0 Å². The van der Waals surface area contributed by atoms with Crippen LogP contribution in [0.5, 0.6) is 0 Å². The van der Waals surface area contributed by atoms with Crippen LogP contribution in [-0.2, 0) is 16.4 Å². The molecular weight excluding hydrogens is 284 g/mol. The Morgan fingerprint density at radius 3 is 2.85 bits per heavy atom. The number of rotatable bonds is 6. The van der Waals surface area contributed by atoms with Gasteiger partial charge in [-0.15, -0.1) is 0 Å². The zero-order valence-electron chi connectivity index (χ0n) is 10.3. The SMILES string of the molecule is O=[N+]([O-])c1cccc(S(=O)(=O)NCCc2ncc[nH]2)c1. The molecule has 9 heteroatoms. The number of hydrogen-bond donors (Lipinski definition) is 2. The van der Waals surface area contributed by atoms with E-state index in [4.69, 9.17) is 0 Å². The van der Waals surface area contributed by atoms with Crippen molar-refractivity contribution in [2.75, 3.05) is 6.54 Å². The molecule has 2 aromatic rings. The quantitative estimate of drug-likeness (QED) is 0.605. The summed E-state index contributed by atoms with van der Waals surface area (Å²) in [5.74, 6) is 0.659. The topological polar surface area (TPSA) is 118 Å². The maximum absolute atomic E-state index is 12.0. The number of aromatic nitrogens is 2. The van der Waals surface area contributed by atoms with Gasteiger partial charge in [-0.25, -0.2) is 18.1 Å². The molecule has 0 bridgehead atoms. The van der Waals surface area contributed by atoms with E-state index in [9.17, 15) is 18.5 Å². The second kappa shape index (κ2) is 5.80. The Balaban J connectivity index is 2.06. The van der Waals surface area contributed by atoms with Gasteiger partial charge >= 0.3 is 0 Å². The molecule has 1 heterocycles. The average molecular weight is 296 g/mol. The van der Waals surface area contributed by atoms with Crippen LogP contribution in [-0.4, -0.2) is 29.9 Å². The second-order valence-electron chi connectivity index (χ2n) is 3.94. The fraction of sp³-hybridized carbons (Fsp3) is 0.182. The molecule has 0 saturated heterocycles. The Morgan fingerprint density at radius 1 is 1.40 bits per heavy atom. The highest BCUT2D eigenvalue weighted by atomic mass is 32.2. The van der Waals surface area contributed by atoms with Gasteiger partial charge in [0.2, 0.25) is 10.0 Å². The standard InChI is InChI=1S/C11H12N4O4S/c16-15(17)9-2-1-3-10(8-9)20(18,19)14-5-4-11-12-6-7-13-11/h1-3,6-8,14H,4-5H2,(H,12,13). The van der Waals surface area contributed by atoms with Crippen molar-refractivity contribution in [2.45, 2.75) is 11.3 Å². The lowest BCUT2D eigenvalue weighted by Crippen LogP contribution is -2.26. The molecule has 0 radical (unpaired) electrons. The fourth-order valence-electron chi connectivity index (χ4n) is 1.59. The summed E-state index contributed by atoms with van der Waals surface area (Å²) in [5.41, 5.74) is -0.265. The van der Waals surface area contributed by atoms with Crippen molar-refractivity contribution in [3.05, 3.63) is 52.6 Å². The van der Waals surface area contributed by atoms with Crippen molar-refractivity contribution >= 4 is 15.7 Å². The van der Waals surface area contributed by atoms with Gasteiger partial charge in [0.15, 0.2) is 0 Å². The number of nitro benzene ring substituents is 1. The van der Waals surface area contributed by atoms with Crippen LogP contribution >= 0.6 is 0 Å². The van der Waals surface area contributed by atoms with Crippen LogP contribution in [0, 0.1) is 10.1 Å². The van der Waals surface area contributed by atoms with Crippen LogP contribution in [0.25, 0.3) is 0 Å². The number of nitro groups is 1. The molecule has 1 aromatic heterocycles. The summed E-state index contributed by atoms with van der Waals surface area (Å²) in [6.45, 7) is 0.151. The van der Waals surface area contributed by atoms with Gasteiger partial charge in [0.05, 0.1) is 9.82 Å². The third kappa shape index (κ3) is 3.39. The van der Waals surface area contributed by atoms with Gasteiger partial charge in [-0.1, -0.05) is 6.07 Å². The summed E-state index contributed by atoms with van der Waals surface area (Å²) in [6.07, 6.45) is 3.62. The van der Waals surface area contributed by atoms with Gasteiger partial charge in [0.25, 0.3) is 5.69 Å². The lowest BCUT2D eigenvalue weighted by molar-refractivity contribution is -0.385. The molecule has 0 aliphatic carbocycles. The normalized spacial score (nSPS) is 11.4. The highest BCUT2D eigenvalue weighted by Crippen LogP contribution is 2.16. The Labute approximate surface area is 115 Å². The first-order valence-corrected chi connectivity index (χ1v) is 7.20. The summed E-state index contributed by atoms with van der Waals surface area (Å²) < 4.78 is 26.3. The molecule has 0 saturated carbocycles. The van der Waals surface area contributed by atoms with Gasteiger partial charge in [-0.3, -0.25) is 10.1 Å². The third-order valence-corrected chi connectivity index (χ3v) is 4.01. The van der Waals surface area contributed by atoms with Crippen LogP contribution in [0.1, 0.15) is 5.82 Å². The van der Waals surface area contributed by atoms with Crippen LogP contribution in [0.3, 0.4) is 0 Å². The minimum atomic E-state index is -3.77. The van der Waals surface area contributed by atoms with Crippen molar-refractivity contribution < 1.29 is 13.3 Å². The molecule has 2 rings (SSSR count). The zero-order chi connectivity index (χ0) is 14.6. The number of aromatic amines is 1. The van der Waals surface area contributed by atoms with Crippen molar-refractivity contribution in [1.29, 1.82) is 0 Å². The first kappa shape index (κ1) is 14.2. The highest BCUT2D eigenvalue weighted by molar-refractivity contribution is 7.89. The number of nitrogens with one attached hydrogen (secondary N) is 2. The lowest BCUT2D eigenvalue weighted by atomic mass is 10.3. The van der Waals surface area contributed by atoms with Gasteiger partial charge < -0.3 is 4.98 Å². The predicted molar refractivity (Wildman–Crippen MR) is 70.6 cm³/mol. The summed E-state index contributed by atoms with van der Waals surface area (Å²) in [7, 11) is -3.77. The van der Waals surface area contributed by atoms with Gasteiger partial charge in [0.1, 0.15) is 5.82 Å². The Morgan fingerprint density at radius 2 is 2.20 bits per heavy atom. The minimum absolute atomic E-state index is 0.133. The first-order valence-electron chi connectivity index (χ1n) is 5.71. The van der Waals surface area contributed by atoms with Gasteiger partial charge in [-0.2, -0.15) is 0 Å². The largest absolute Gasteiger partial charge is 0.349 e. The Bertz CT molecular complexity index is 697. The van der Waals surface area contributed by atoms with Crippen molar-refractivity contribution in [3.8, 4) is 0 Å². The van der Waals surface area contributed by atoms with E-state index in [-0.39, 0.29) is 17.1 Å². The molecule has 0 fully saturated rings. The molecule has 20 heavy (non-hydrogen) atoms. The number of sulfonamides is 1. The molecule has 0 amide bonds. The van der Waals surface area contributed by atoms with E-state index in [0.29, 0.717) is 12.2 Å². The molecule has 0 aliphatic rings. The molecule has 0 atom stereocenters. The maximum atomic E-state index is 12.0. The Kier molecular flexibility index (Phi) is 4.11. The van der Waals surface area contributed by atoms with E-state index in [1.807, 2.05) is 0 Å². The number of benzene rings is 1. The van der Waals surface area contributed by atoms with E-state index in [1.54, 1.807) is 12.4 Å². The van der Waals surface area contributed by atoms with Crippen molar-refractivity contribution in [1.82, 2.24) is 14.7 Å². The van der Waals surface area contributed by atoms with E-state index in [1.165, 1.54) is 18.2 Å². The monoisotopic (exact) mass is 296 g/mol. The zero-order valence-corrected chi connectivity index (χ0v) is 11.1. The molecule has 1 aromatic carbocycles. The summed E-state index contributed by atoms with van der Waals surface area (Å²) >= 11 is 0. The van der Waals surface area contributed by atoms with Crippen LogP contribution in [0.15, 0.2) is 41.6 Å². The van der Waals surface area contributed by atoms with Crippen molar-refractivity contribution in [2.24, 2.45) is 0 Å².